The van der Waals surface area contributed by atoms with Gasteiger partial charge in [-0.25, -0.2) is 0 Å². The van der Waals surface area contributed by atoms with E-state index in [1.54, 1.807) is 5.38 Å². The first kappa shape index (κ1) is 11.3. The van der Waals surface area contributed by atoms with Gasteiger partial charge in [-0.15, -0.1) is 22.9 Å². The van der Waals surface area contributed by atoms with Gasteiger partial charge in [0.25, 0.3) is 0 Å². The van der Waals surface area contributed by atoms with Gasteiger partial charge in [-0.1, -0.05) is 23.2 Å². The molecule has 0 atom stereocenters. The Morgan fingerprint density at radius 2 is 2.15 bits per heavy atom. The first-order valence-corrected chi connectivity index (χ1v) is 5.85. The Balaban J connectivity index is 2.71. The van der Waals surface area contributed by atoms with Crippen LogP contribution in [0.5, 0.6) is 0 Å². The first-order valence-electron chi connectivity index (χ1n) is 3.68. The van der Waals surface area contributed by atoms with Gasteiger partial charge < -0.3 is 0 Å². The smallest absolute Gasteiger partial charge is 0.174 e. The molecule has 1 heterocycles. The van der Waals surface area contributed by atoms with Gasteiger partial charge in [-0.3, -0.25) is 4.79 Å². The molecular formula is C8H7Cl3OS. The molecular weight excluding hydrogens is 251 g/mol. The highest BCUT2D eigenvalue weighted by atomic mass is 35.5. The van der Waals surface area contributed by atoms with Gasteiger partial charge in [0.2, 0.25) is 0 Å². The molecule has 0 saturated carbocycles. The van der Waals surface area contributed by atoms with Gasteiger partial charge in [0.05, 0.1) is 14.9 Å². The number of hydrogen-bond donors (Lipinski definition) is 0. The molecule has 0 aromatic carbocycles. The lowest BCUT2D eigenvalue weighted by Gasteiger charge is -1.95. The maximum atomic E-state index is 11.4. The number of thiophene rings is 1. The third-order valence-corrected chi connectivity index (χ3v) is 3.80. The normalized spacial score (nSPS) is 10.4. The van der Waals surface area contributed by atoms with E-state index in [1.807, 2.05) is 0 Å². The molecule has 0 radical (unpaired) electrons. The predicted octanol–water partition coefficient (Wildman–Crippen LogP) is 4.26. The summed E-state index contributed by atoms with van der Waals surface area (Å²) in [5.74, 6) is 0.505. The molecule has 0 fully saturated rings. The summed E-state index contributed by atoms with van der Waals surface area (Å²) in [5, 5.41) is 2.48. The fraction of sp³-hybridized carbons (Fsp3) is 0.375. The number of ketones is 1. The molecule has 0 aliphatic rings. The molecule has 0 bridgehead atoms. The second-order valence-electron chi connectivity index (χ2n) is 2.44. The van der Waals surface area contributed by atoms with E-state index >= 15 is 0 Å². The van der Waals surface area contributed by atoms with Crippen molar-refractivity contribution in [1.82, 2.24) is 0 Å². The minimum atomic E-state index is 0.0163. The Morgan fingerprint density at radius 3 is 2.62 bits per heavy atom. The zero-order chi connectivity index (χ0) is 9.84. The van der Waals surface area contributed by atoms with E-state index in [4.69, 9.17) is 34.8 Å². The highest BCUT2D eigenvalue weighted by Gasteiger charge is 2.14. The summed E-state index contributed by atoms with van der Waals surface area (Å²) in [4.78, 5) is 12.0. The van der Waals surface area contributed by atoms with Gasteiger partial charge in [0, 0.05) is 17.7 Å². The molecule has 72 valence electrons. The SMILES string of the molecule is O=C(CCCCl)c1scc(Cl)c1Cl. The molecule has 0 saturated heterocycles. The van der Waals surface area contributed by atoms with Crippen LogP contribution in [-0.4, -0.2) is 11.7 Å². The lowest BCUT2D eigenvalue weighted by atomic mass is 10.2. The van der Waals surface area contributed by atoms with Crippen molar-refractivity contribution in [3.63, 3.8) is 0 Å². The van der Waals surface area contributed by atoms with Crippen molar-refractivity contribution in [3.8, 4) is 0 Å². The largest absolute Gasteiger partial charge is 0.293 e. The van der Waals surface area contributed by atoms with Crippen molar-refractivity contribution in [3.05, 3.63) is 20.3 Å². The average molecular weight is 258 g/mol. The van der Waals surface area contributed by atoms with Crippen LogP contribution in [0.1, 0.15) is 22.5 Å². The van der Waals surface area contributed by atoms with E-state index in [2.05, 4.69) is 0 Å². The molecule has 0 amide bonds. The summed E-state index contributed by atoms with van der Waals surface area (Å²) in [5.41, 5.74) is 0. The molecule has 1 nitrogen and oxygen atoms in total. The number of carbonyl (C=O) groups is 1. The van der Waals surface area contributed by atoms with Crippen LogP contribution in [-0.2, 0) is 0 Å². The summed E-state index contributed by atoms with van der Waals surface area (Å²) in [6, 6.07) is 0. The van der Waals surface area contributed by atoms with Gasteiger partial charge in [0.1, 0.15) is 0 Å². The fourth-order valence-electron chi connectivity index (χ4n) is 0.852. The Kier molecular flexibility index (Phi) is 4.53. The third-order valence-electron chi connectivity index (χ3n) is 1.48. The lowest BCUT2D eigenvalue weighted by molar-refractivity contribution is 0.0986. The van der Waals surface area contributed by atoms with Crippen LogP contribution < -0.4 is 0 Å². The topological polar surface area (TPSA) is 17.1 Å². The van der Waals surface area contributed by atoms with Crippen LogP contribution in [0.4, 0.5) is 0 Å². The van der Waals surface area contributed by atoms with E-state index in [0.717, 1.165) is 0 Å². The van der Waals surface area contributed by atoms with Crippen LogP contribution in [0.2, 0.25) is 10.0 Å². The first-order chi connectivity index (χ1) is 6.16. The third kappa shape index (κ3) is 2.84. The lowest BCUT2D eigenvalue weighted by Crippen LogP contribution is -1.96. The zero-order valence-electron chi connectivity index (χ0n) is 6.65. The van der Waals surface area contributed by atoms with E-state index in [-0.39, 0.29) is 5.78 Å². The number of Topliss-reactive ketones (excluding diaryl/α,β-unsaturated/α-hetero) is 1. The monoisotopic (exact) mass is 256 g/mol. The van der Waals surface area contributed by atoms with Crippen molar-refractivity contribution >= 4 is 51.9 Å². The highest BCUT2D eigenvalue weighted by Crippen LogP contribution is 2.32. The van der Waals surface area contributed by atoms with E-state index in [9.17, 15) is 4.79 Å². The fourth-order valence-corrected chi connectivity index (χ4v) is 2.41. The predicted molar refractivity (Wildman–Crippen MR) is 58.6 cm³/mol. The summed E-state index contributed by atoms with van der Waals surface area (Å²) in [7, 11) is 0. The highest BCUT2D eigenvalue weighted by molar-refractivity contribution is 7.13. The maximum absolute atomic E-state index is 11.4. The standard InChI is InChI=1S/C8H7Cl3OS/c9-3-1-2-6(12)8-7(11)5(10)4-13-8/h4H,1-3H2. The van der Waals surface area contributed by atoms with E-state index < -0.39 is 0 Å². The molecule has 1 aromatic rings. The van der Waals surface area contributed by atoms with Crippen LogP contribution >= 0.6 is 46.1 Å². The second kappa shape index (κ2) is 5.20. The molecule has 0 aliphatic carbocycles. The summed E-state index contributed by atoms with van der Waals surface area (Å²) < 4.78 is 0. The molecule has 0 unspecified atom stereocenters. The number of rotatable bonds is 4. The molecule has 13 heavy (non-hydrogen) atoms. The Bertz CT molecular complexity index is 308. The van der Waals surface area contributed by atoms with Crippen LogP contribution in [0.25, 0.3) is 0 Å². The number of halogens is 3. The molecule has 0 N–H and O–H groups in total. The molecule has 5 heteroatoms. The summed E-state index contributed by atoms with van der Waals surface area (Å²) in [6.07, 6.45) is 1.10. The van der Waals surface area contributed by atoms with Crippen LogP contribution in [0.15, 0.2) is 5.38 Å². The van der Waals surface area contributed by atoms with Crippen molar-refractivity contribution in [2.45, 2.75) is 12.8 Å². The summed E-state index contributed by atoms with van der Waals surface area (Å²) >= 11 is 18.3. The van der Waals surface area contributed by atoms with E-state index in [0.29, 0.717) is 33.6 Å². The quantitative estimate of drug-likeness (QED) is 0.582. The number of carbonyl (C=O) groups excluding carboxylic acids is 1. The molecule has 1 rings (SSSR count). The van der Waals surface area contributed by atoms with Crippen LogP contribution in [0, 0.1) is 0 Å². The van der Waals surface area contributed by atoms with Crippen molar-refractivity contribution in [2.75, 3.05) is 5.88 Å². The van der Waals surface area contributed by atoms with Crippen molar-refractivity contribution < 1.29 is 4.79 Å². The maximum Gasteiger partial charge on any atom is 0.174 e. The minimum absolute atomic E-state index is 0.0163. The van der Waals surface area contributed by atoms with Gasteiger partial charge in [-0.05, 0) is 6.42 Å². The number of alkyl halides is 1. The van der Waals surface area contributed by atoms with Gasteiger partial charge in [-0.2, -0.15) is 0 Å². The Hall–Kier alpha value is 0.240. The minimum Gasteiger partial charge on any atom is -0.293 e. The Morgan fingerprint density at radius 1 is 1.46 bits per heavy atom. The molecule has 0 spiro atoms. The Labute approximate surface area is 95.6 Å². The van der Waals surface area contributed by atoms with E-state index in [1.165, 1.54) is 11.3 Å². The second-order valence-corrected chi connectivity index (χ2v) is 4.49. The van der Waals surface area contributed by atoms with Gasteiger partial charge >= 0.3 is 0 Å². The average Bonchev–Trinajstić information content (AvgIpc) is 2.44. The van der Waals surface area contributed by atoms with Crippen LogP contribution in [0.3, 0.4) is 0 Å². The number of hydrogen-bond acceptors (Lipinski definition) is 2. The molecule has 0 aliphatic heterocycles. The molecule has 1 aromatic heterocycles. The zero-order valence-corrected chi connectivity index (χ0v) is 9.73. The van der Waals surface area contributed by atoms with Crippen molar-refractivity contribution in [1.29, 1.82) is 0 Å². The van der Waals surface area contributed by atoms with Crippen molar-refractivity contribution in [2.24, 2.45) is 0 Å². The summed E-state index contributed by atoms with van der Waals surface area (Å²) in [6.45, 7) is 0. The van der Waals surface area contributed by atoms with Gasteiger partial charge in [0.15, 0.2) is 5.78 Å².